The van der Waals surface area contributed by atoms with E-state index in [0.29, 0.717) is 0 Å². The summed E-state index contributed by atoms with van der Waals surface area (Å²) in [4.78, 5) is 10.9. The van der Waals surface area contributed by atoms with Crippen molar-refractivity contribution in [2.24, 2.45) is 0 Å². The van der Waals surface area contributed by atoms with E-state index in [1.54, 1.807) is 0 Å². The van der Waals surface area contributed by atoms with Crippen molar-refractivity contribution in [3.8, 4) is 0 Å². The van der Waals surface area contributed by atoms with Gasteiger partial charge in [-0.05, 0) is 17.7 Å². The van der Waals surface area contributed by atoms with Gasteiger partial charge in [0.25, 0.3) is 0 Å². The van der Waals surface area contributed by atoms with Crippen LogP contribution >= 0.6 is 20.9 Å². The number of carbonyl (C=O) groups is 1. The number of allylic oxidation sites excluding steroid dienone is 4. The van der Waals surface area contributed by atoms with Crippen LogP contribution in [0.25, 0.3) is 0 Å². The fourth-order valence-corrected chi connectivity index (χ4v) is 3.13. The molecule has 15 heavy (non-hydrogen) atoms. The smallest absolute Gasteiger partial charge is 0.226 e. The highest BCUT2D eigenvalue weighted by Crippen LogP contribution is 2.52. The average Bonchev–Trinajstić information content (AvgIpc) is 2.31. The molecule has 1 aliphatic rings. The van der Waals surface area contributed by atoms with Gasteiger partial charge in [0.15, 0.2) is 0 Å². The van der Waals surface area contributed by atoms with E-state index in [1.807, 2.05) is 49.8 Å². The number of carbonyl (C=O) groups excluding carboxylic acids is 1. The van der Waals surface area contributed by atoms with Gasteiger partial charge in [0.1, 0.15) is 0 Å². The molecule has 4 heteroatoms. The lowest BCUT2D eigenvalue weighted by Gasteiger charge is -2.26. The van der Waals surface area contributed by atoms with Crippen molar-refractivity contribution in [3.05, 3.63) is 34.6 Å². The molecule has 1 aliphatic heterocycles. The highest BCUT2D eigenvalue weighted by molar-refractivity contribution is 8.89. The molecule has 2 nitrogen and oxygen atoms in total. The van der Waals surface area contributed by atoms with Crippen LogP contribution in [0.4, 0.5) is 0 Å². The summed E-state index contributed by atoms with van der Waals surface area (Å²) in [5, 5.41) is 3.86. The van der Waals surface area contributed by atoms with Crippen LogP contribution in [-0.4, -0.2) is 5.91 Å². The Morgan fingerprint density at radius 3 is 2.53 bits per heavy atom. The summed E-state index contributed by atoms with van der Waals surface area (Å²) in [6.07, 6.45) is 5.88. The van der Waals surface area contributed by atoms with Crippen LogP contribution in [0.5, 0.6) is 0 Å². The highest BCUT2D eigenvalue weighted by Gasteiger charge is 2.13. The molecule has 0 saturated heterocycles. The van der Waals surface area contributed by atoms with Gasteiger partial charge in [0.2, 0.25) is 5.91 Å². The Hall–Kier alpha value is -0.610. The quantitative estimate of drug-likeness (QED) is 0.535. The SMILES string of the molecule is CC.CC(=O)NS1(S)C=CC=C(C)C=C1. The molecule has 1 unspecified atom stereocenters. The van der Waals surface area contributed by atoms with Crippen LogP contribution in [0.1, 0.15) is 27.7 Å². The fraction of sp³-hybridized carbons (Fsp3) is 0.364. The first-order valence-electron chi connectivity index (χ1n) is 4.89. The van der Waals surface area contributed by atoms with Crippen molar-refractivity contribution in [1.82, 2.24) is 4.72 Å². The van der Waals surface area contributed by atoms with Crippen molar-refractivity contribution in [1.29, 1.82) is 0 Å². The predicted octanol–water partition coefficient (Wildman–Crippen LogP) is 3.70. The predicted molar refractivity (Wildman–Crippen MR) is 73.8 cm³/mol. The average molecular weight is 245 g/mol. The van der Waals surface area contributed by atoms with E-state index in [9.17, 15) is 4.79 Å². The van der Waals surface area contributed by atoms with Crippen LogP contribution in [0.3, 0.4) is 0 Å². The summed E-state index contributed by atoms with van der Waals surface area (Å²) < 4.78 is 2.82. The van der Waals surface area contributed by atoms with Gasteiger partial charge in [-0.15, -0.1) is 11.7 Å². The second kappa shape index (κ2) is 6.80. The maximum Gasteiger partial charge on any atom is 0.226 e. The topological polar surface area (TPSA) is 29.1 Å². The normalized spacial score (nSPS) is 27.7. The van der Waals surface area contributed by atoms with Crippen molar-refractivity contribution < 1.29 is 4.79 Å². The van der Waals surface area contributed by atoms with Gasteiger partial charge in [0, 0.05) is 6.92 Å². The Labute approximate surface area is 98.8 Å². The minimum Gasteiger partial charge on any atom is -0.303 e. The van der Waals surface area contributed by atoms with Gasteiger partial charge in [-0.2, -0.15) is 0 Å². The lowest BCUT2D eigenvalue weighted by Crippen LogP contribution is -2.18. The number of amides is 1. The summed E-state index contributed by atoms with van der Waals surface area (Å²) in [7, 11) is -1.53. The molecular weight excluding hydrogens is 226 g/mol. The maximum absolute atomic E-state index is 10.9. The van der Waals surface area contributed by atoms with Crippen molar-refractivity contribution >= 4 is 26.8 Å². The van der Waals surface area contributed by atoms with Gasteiger partial charge in [-0.3, -0.25) is 4.79 Å². The zero-order valence-corrected chi connectivity index (χ0v) is 11.4. The maximum atomic E-state index is 10.9. The molecule has 0 spiro atoms. The molecule has 1 N–H and O–H groups in total. The Morgan fingerprint density at radius 2 is 2.00 bits per heavy atom. The molecule has 0 aliphatic carbocycles. The lowest BCUT2D eigenvalue weighted by molar-refractivity contribution is -0.117. The third-order valence-corrected chi connectivity index (χ3v) is 4.23. The van der Waals surface area contributed by atoms with Gasteiger partial charge < -0.3 is 4.72 Å². The molecule has 0 saturated carbocycles. The summed E-state index contributed by atoms with van der Waals surface area (Å²) >= 11 is 4.44. The van der Waals surface area contributed by atoms with E-state index in [2.05, 4.69) is 16.4 Å². The second-order valence-electron chi connectivity index (χ2n) is 2.87. The Bertz CT molecular complexity index is 308. The monoisotopic (exact) mass is 245 g/mol. The van der Waals surface area contributed by atoms with Crippen molar-refractivity contribution in [2.75, 3.05) is 0 Å². The molecule has 1 rings (SSSR count). The van der Waals surface area contributed by atoms with Crippen LogP contribution in [0.2, 0.25) is 0 Å². The molecule has 0 fully saturated rings. The molecule has 0 radical (unpaired) electrons. The molecule has 0 aromatic heterocycles. The minimum atomic E-state index is -1.53. The number of hydrogen-bond acceptors (Lipinski definition) is 2. The number of nitrogens with one attached hydrogen (secondary N) is 1. The number of rotatable bonds is 1. The Kier molecular flexibility index (Phi) is 6.52. The van der Waals surface area contributed by atoms with E-state index in [0.717, 1.165) is 5.57 Å². The van der Waals surface area contributed by atoms with Crippen LogP contribution < -0.4 is 4.72 Å². The summed E-state index contributed by atoms with van der Waals surface area (Å²) in [6, 6.07) is 0. The molecule has 0 aromatic carbocycles. The third kappa shape index (κ3) is 5.74. The molecule has 1 heterocycles. The molecule has 0 bridgehead atoms. The van der Waals surface area contributed by atoms with Gasteiger partial charge >= 0.3 is 0 Å². The van der Waals surface area contributed by atoms with E-state index < -0.39 is 9.25 Å². The fourth-order valence-electron chi connectivity index (χ4n) is 0.921. The molecule has 1 amide bonds. The summed E-state index contributed by atoms with van der Waals surface area (Å²) in [5.74, 6) is -0.0566. The summed E-state index contributed by atoms with van der Waals surface area (Å²) in [5.41, 5.74) is 1.16. The first kappa shape index (κ1) is 14.4. The molecule has 1 atom stereocenters. The van der Waals surface area contributed by atoms with Gasteiger partial charge in [-0.25, -0.2) is 0 Å². The second-order valence-corrected chi connectivity index (χ2v) is 6.78. The number of thiol groups is 1. The van der Waals surface area contributed by atoms with Crippen LogP contribution in [0.15, 0.2) is 34.6 Å². The van der Waals surface area contributed by atoms with Crippen molar-refractivity contribution in [3.63, 3.8) is 0 Å². The van der Waals surface area contributed by atoms with Crippen molar-refractivity contribution in [2.45, 2.75) is 27.7 Å². The largest absolute Gasteiger partial charge is 0.303 e. The zero-order chi connectivity index (χ0) is 11.9. The van der Waals surface area contributed by atoms with E-state index in [1.165, 1.54) is 6.92 Å². The summed E-state index contributed by atoms with van der Waals surface area (Å²) in [6.45, 7) is 7.51. The molecular formula is C11H19NOS2. The first-order valence-corrected chi connectivity index (χ1v) is 7.70. The van der Waals surface area contributed by atoms with E-state index in [4.69, 9.17) is 0 Å². The van der Waals surface area contributed by atoms with E-state index >= 15 is 0 Å². The first-order chi connectivity index (χ1) is 7.02. The van der Waals surface area contributed by atoms with Crippen LogP contribution in [-0.2, 0) is 4.79 Å². The molecule has 86 valence electrons. The lowest BCUT2D eigenvalue weighted by atomic mass is 10.3. The standard InChI is InChI=1S/C9H13NOS2.C2H6/c1-8-4-3-6-13(12,7-5-8)10-9(2)11;1-2/h3-7,12H,1-2H3,(H,10,11);1-2H3. The number of hydrogen-bond donors (Lipinski definition) is 2. The highest BCUT2D eigenvalue weighted by atomic mass is 33.1. The van der Waals surface area contributed by atoms with Gasteiger partial charge in [-0.1, -0.05) is 46.9 Å². The Balaban J connectivity index is 0.000000921. The molecule has 0 aromatic rings. The third-order valence-electron chi connectivity index (χ3n) is 1.49. The minimum absolute atomic E-state index is 0.0566. The van der Waals surface area contributed by atoms with E-state index in [-0.39, 0.29) is 5.91 Å². The van der Waals surface area contributed by atoms with Gasteiger partial charge in [0.05, 0.1) is 0 Å². The Morgan fingerprint density at radius 1 is 1.40 bits per heavy atom. The zero-order valence-electron chi connectivity index (χ0n) is 9.65. The van der Waals surface area contributed by atoms with Crippen LogP contribution in [0, 0.1) is 0 Å².